The molecule has 3 aromatic rings. The zero-order valence-electron chi connectivity index (χ0n) is 23.2. The van der Waals surface area contributed by atoms with Crippen LogP contribution in [0.5, 0.6) is 0 Å². The molecule has 2 amide bonds. The number of aromatic nitrogens is 4. The first-order valence-electron chi connectivity index (χ1n) is 13.7. The van der Waals surface area contributed by atoms with Crippen LogP contribution in [-0.4, -0.2) is 75.3 Å². The number of nitrogens with one attached hydrogen (secondary N) is 1. The van der Waals surface area contributed by atoms with Crippen LogP contribution in [0.15, 0.2) is 24.4 Å². The molecule has 1 aliphatic rings. The van der Waals surface area contributed by atoms with Gasteiger partial charge in [-0.15, -0.1) is 0 Å². The smallest absolute Gasteiger partial charge is 0.277 e. The Labute approximate surface area is 238 Å². The molecule has 1 aromatic carbocycles. The minimum absolute atomic E-state index is 0.00135. The van der Waals surface area contributed by atoms with Gasteiger partial charge in [-0.3, -0.25) is 14.5 Å². The van der Waals surface area contributed by atoms with Crippen LogP contribution in [-0.2, 0) is 24.4 Å². The molecule has 13 heteroatoms. The molecule has 3 N–H and O–H groups in total. The van der Waals surface area contributed by atoms with Crippen molar-refractivity contribution in [1.82, 2.24) is 29.7 Å². The summed E-state index contributed by atoms with van der Waals surface area (Å²) in [7, 11) is 0. The third-order valence-corrected chi connectivity index (χ3v) is 7.42. The van der Waals surface area contributed by atoms with Crippen LogP contribution in [0.3, 0.4) is 0 Å². The molecule has 216 valence electrons. The number of nitrogens with two attached hydrogens (primary N) is 1. The monoisotopic (exact) mass is 572 g/mol. The van der Waals surface area contributed by atoms with Crippen LogP contribution in [0.4, 0.5) is 5.82 Å². The second kappa shape index (κ2) is 13.4. The van der Waals surface area contributed by atoms with Gasteiger partial charge < -0.3 is 25.8 Å². The largest absolute Gasteiger partial charge is 0.834 e. The molecule has 0 bridgehead atoms. The zero-order chi connectivity index (χ0) is 28.8. The first kappa shape index (κ1) is 29.7. The van der Waals surface area contributed by atoms with Crippen molar-refractivity contribution in [1.29, 1.82) is 0 Å². The van der Waals surface area contributed by atoms with Crippen molar-refractivity contribution in [3.63, 3.8) is 0 Å². The van der Waals surface area contributed by atoms with E-state index in [1.165, 1.54) is 6.20 Å². The topological polar surface area (TPSA) is 146 Å². The van der Waals surface area contributed by atoms with Gasteiger partial charge in [-0.25, -0.2) is 19.1 Å². The molecule has 4 rings (SSSR count). The highest BCUT2D eigenvalue weighted by Crippen LogP contribution is 2.21. The Kier molecular flexibility index (Phi) is 9.90. The molecule has 1 fully saturated rings. The summed E-state index contributed by atoms with van der Waals surface area (Å²) in [6.07, 6.45) is 2.94. The highest BCUT2D eigenvalue weighted by atomic mass is 35.5. The molecule has 0 radical (unpaired) electrons. The van der Waals surface area contributed by atoms with E-state index < -0.39 is 18.9 Å². The number of imidazole rings is 1. The Morgan fingerprint density at radius 2 is 2.08 bits per heavy atom. The fourth-order valence-electron chi connectivity index (χ4n) is 5.22. The Morgan fingerprint density at radius 3 is 2.77 bits per heavy atom. The Morgan fingerprint density at radius 1 is 1.27 bits per heavy atom. The van der Waals surface area contributed by atoms with Crippen LogP contribution in [0.25, 0.3) is 11.0 Å². The number of aryl methyl sites for hydroxylation is 2. The lowest BCUT2D eigenvalue weighted by Gasteiger charge is -2.41. The van der Waals surface area contributed by atoms with Crippen molar-refractivity contribution in [2.24, 2.45) is 0 Å². The average Bonchev–Trinajstić information content (AvgIpc) is 3.27. The summed E-state index contributed by atoms with van der Waals surface area (Å²) in [6.45, 7) is 9.43. The van der Waals surface area contributed by atoms with Crippen molar-refractivity contribution < 1.29 is 24.0 Å². The number of halogens is 1. The summed E-state index contributed by atoms with van der Waals surface area (Å²) in [4.78, 5) is 38.2. The van der Waals surface area contributed by atoms with Crippen molar-refractivity contribution in [2.75, 3.05) is 38.7 Å². The number of fused-ring (bicyclic) bond motifs is 1. The maximum absolute atomic E-state index is 13.6. The highest BCUT2D eigenvalue weighted by Gasteiger charge is 2.31. The van der Waals surface area contributed by atoms with Crippen LogP contribution in [0.1, 0.15) is 60.3 Å². The van der Waals surface area contributed by atoms with Gasteiger partial charge in [-0.05, 0) is 39.2 Å². The number of hydrogen-bond acceptors (Lipinski definition) is 8. The van der Waals surface area contributed by atoms with Crippen molar-refractivity contribution >= 4 is 40.3 Å². The summed E-state index contributed by atoms with van der Waals surface area (Å²) >= 11 is 5.90. The minimum Gasteiger partial charge on any atom is -0.834 e. The van der Waals surface area contributed by atoms with E-state index in [4.69, 9.17) is 22.1 Å². The maximum atomic E-state index is 13.6. The van der Waals surface area contributed by atoms with E-state index in [1.807, 2.05) is 32.0 Å². The second-order valence-corrected chi connectivity index (χ2v) is 9.98. The first-order chi connectivity index (χ1) is 19.3. The van der Waals surface area contributed by atoms with Gasteiger partial charge in [0.25, 0.3) is 17.6 Å². The number of benzene rings is 1. The number of nitrogens with zero attached hydrogens (tertiary/aromatic N) is 6. The lowest BCUT2D eigenvalue weighted by Crippen LogP contribution is -2.56. The summed E-state index contributed by atoms with van der Waals surface area (Å²) < 4.78 is 9.63. The second-order valence-electron chi connectivity index (χ2n) is 9.60. The molecular weight excluding hydrogens is 536 g/mol. The van der Waals surface area contributed by atoms with Gasteiger partial charge in [0, 0.05) is 31.3 Å². The number of carbonyl (C=O) groups excluding carboxylic acids is 2. The van der Waals surface area contributed by atoms with Crippen molar-refractivity contribution in [3.05, 3.63) is 46.6 Å². The quantitative estimate of drug-likeness (QED) is 0.257. The lowest BCUT2D eigenvalue weighted by molar-refractivity contribution is -0.676. The van der Waals surface area contributed by atoms with E-state index in [2.05, 4.69) is 36.2 Å². The Bertz CT molecular complexity index is 1360. The number of ether oxygens (including phenoxy) is 1. The summed E-state index contributed by atoms with van der Waals surface area (Å²) in [5, 5.41) is 14.2. The molecule has 12 nitrogen and oxygen atoms in total. The third kappa shape index (κ3) is 6.20. The molecule has 40 heavy (non-hydrogen) atoms. The number of nitrogen functional groups attached to an aromatic ring is 1. The van der Waals surface area contributed by atoms with Crippen LogP contribution >= 0.6 is 11.6 Å². The summed E-state index contributed by atoms with van der Waals surface area (Å²) in [5.41, 5.74) is 8.19. The van der Waals surface area contributed by atoms with Crippen molar-refractivity contribution in [3.8, 4) is 0 Å². The SMILES string of the molecule is CCCCN1CCN(C(=O)c2ccc3c(c2)n(CC)c(CNC(=O)c2nc(Cl)cnc2N)[n+]3CC)CC1OC[O-]. The fourth-order valence-corrected chi connectivity index (χ4v) is 5.35. The van der Waals surface area contributed by atoms with E-state index in [-0.39, 0.29) is 29.1 Å². The molecule has 2 aromatic heterocycles. The van der Waals surface area contributed by atoms with Gasteiger partial charge in [0.05, 0.1) is 25.8 Å². The van der Waals surface area contributed by atoms with E-state index in [0.717, 1.165) is 36.2 Å². The number of piperazine rings is 1. The molecule has 3 heterocycles. The van der Waals surface area contributed by atoms with Crippen LogP contribution < -0.4 is 20.7 Å². The lowest BCUT2D eigenvalue weighted by atomic mass is 10.1. The third-order valence-electron chi connectivity index (χ3n) is 7.24. The van der Waals surface area contributed by atoms with E-state index in [9.17, 15) is 14.7 Å². The Balaban J connectivity index is 1.58. The predicted molar refractivity (Wildman–Crippen MR) is 148 cm³/mol. The van der Waals surface area contributed by atoms with Gasteiger partial charge in [0.2, 0.25) is 0 Å². The summed E-state index contributed by atoms with van der Waals surface area (Å²) in [5.74, 6) is 0.277. The molecule has 1 unspecified atom stereocenters. The highest BCUT2D eigenvalue weighted by molar-refractivity contribution is 6.29. The predicted octanol–water partition coefficient (Wildman–Crippen LogP) is 1.14. The molecule has 0 aliphatic carbocycles. The normalized spacial score (nSPS) is 16.0. The molecule has 0 saturated carbocycles. The number of rotatable bonds is 11. The number of anilines is 1. The van der Waals surface area contributed by atoms with E-state index in [0.29, 0.717) is 38.3 Å². The average molecular weight is 573 g/mol. The number of amides is 2. The Hall–Kier alpha value is -3.32. The first-order valence-corrected chi connectivity index (χ1v) is 14.0. The minimum atomic E-state index is -0.641. The number of hydrogen-bond donors (Lipinski definition) is 2. The number of unbranched alkanes of at least 4 members (excludes halogenated alkanes) is 1. The van der Waals surface area contributed by atoms with Gasteiger partial charge >= 0.3 is 0 Å². The van der Waals surface area contributed by atoms with E-state index >= 15 is 0 Å². The molecule has 1 saturated heterocycles. The number of carbonyl (C=O) groups is 2. The molecular formula is C27H37ClN8O4. The van der Waals surface area contributed by atoms with Gasteiger partial charge in [0.15, 0.2) is 22.5 Å². The van der Waals surface area contributed by atoms with Crippen LogP contribution in [0, 0.1) is 0 Å². The molecule has 1 aliphatic heterocycles. The standard InChI is InChI=1S/C27H37ClN8O4/c1-4-7-10-33-11-12-34(16-23(33)40-17-37)27(39)18-8-9-19-20(13-18)36(6-3)22(35(19)5-2)15-31-26(38)24-25(29)30-14-21(28)32-24/h8-9,13-14,23H,4-7,10-12,15-17H2,1-3H3,(H2,29,30)(H,31,38). The van der Waals surface area contributed by atoms with Gasteiger partial charge in [0.1, 0.15) is 17.9 Å². The molecule has 1 atom stereocenters. The molecule has 0 spiro atoms. The summed E-state index contributed by atoms with van der Waals surface area (Å²) in [6, 6.07) is 5.66. The van der Waals surface area contributed by atoms with Gasteiger partial charge in [-0.2, -0.15) is 0 Å². The fraction of sp³-hybridized carbons (Fsp3) is 0.519. The van der Waals surface area contributed by atoms with Crippen molar-refractivity contribution in [2.45, 2.75) is 59.5 Å². The van der Waals surface area contributed by atoms with E-state index in [1.54, 1.807) is 4.90 Å². The zero-order valence-corrected chi connectivity index (χ0v) is 24.0. The van der Waals surface area contributed by atoms with Crippen LogP contribution in [0.2, 0.25) is 5.15 Å². The maximum Gasteiger partial charge on any atom is 0.277 e. The van der Waals surface area contributed by atoms with Gasteiger partial charge in [-0.1, -0.05) is 24.9 Å².